The van der Waals surface area contributed by atoms with Gasteiger partial charge in [0.2, 0.25) is 11.8 Å². The summed E-state index contributed by atoms with van der Waals surface area (Å²) in [6.07, 6.45) is 0.188. The van der Waals surface area contributed by atoms with E-state index >= 15 is 0 Å². The molecule has 0 saturated carbocycles. The zero-order valence-corrected chi connectivity index (χ0v) is 25.4. The largest absolute Gasteiger partial charge is 0.352 e. The third kappa shape index (κ3) is 8.43. The van der Waals surface area contributed by atoms with Crippen molar-refractivity contribution in [1.29, 1.82) is 0 Å². The standard InChI is InChI=1S/C33H33ClFN3O4S/c1-24(2)36-33(40)31(21-25-10-5-3-6-11-25)37(22-26-12-9-13-27(34)20-26)32(39)23-38(29-18-16-28(35)17-19-29)43(41,42)30-14-7-4-8-15-30/h3-20,24,31H,21-23H2,1-2H3,(H,36,40)/t31-/m0/s1. The highest BCUT2D eigenvalue weighted by Gasteiger charge is 2.34. The smallest absolute Gasteiger partial charge is 0.264 e. The van der Waals surface area contributed by atoms with Gasteiger partial charge in [-0.05, 0) is 73.5 Å². The molecule has 1 N–H and O–H groups in total. The van der Waals surface area contributed by atoms with Gasteiger partial charge in [-0.2, -0.15) is 0 Å². The first-order valence-electron chi connectivity index (χ1n) is 13.8. The van der Waals surface area contributed by atoms with Crippen LogP contribution in [0.1, 0.15) is 25.0 Å². The highest BCUT2D eigenvalue weighted by Crippen LogP contribution is 2.25. The molecule has 4 rings (SSSR count). The topological polar surface area (TPSA) is 86.8 Å². The van der Waals surface area contributed by atoms with E-state index in [0.717, 1.165) is 22.0 Å². The molecule has 0 saturated heterocycles. The molecule has 0 heterocycles. The van der Waals surface area contributed by atoms with Crippen LogP contribution >= 0.6 is 11.6 Å². The fraction of sp³-hybridized carbons (Fsp3) is 0.212. The van der Waals surface area contributed by atoms with Gasteiger partial charge in [0.15, 0.2) is 0 Å². The molecule has 4 aromatic carbocycles. The summed E-state index contributed by atoms with van der Waals surface area (Å²) >= 11 is 6.25. The number of hydrogen-bond donors (Lipinski definition) is 1. The molecule has 7 nitrogen and oxygen atoms in total. The number of sulfonamides is 1. The van der Waals surface area contributed by atoms with Crippen LogP contribution in [0.3, 0.4) is 0 Å². The van der Waals surface area contributed by atoms with Crippen LogP contribution in [0.25, 0.3) is 0 Å². The number of carbonyl (C=O) groups is 2. The molecule has 0 bridgehead atoms. The maximum Gasteiger partial charge on any atom is 0.264 e. The minimum Gasteiger partial charge on any atom is -0.352 e. The van der Waals surface area contributed by atoms with E-state index in [1.54, 1.807) is 42.5 Å². The van der Waals surface area contributed by atoms with Crippen LogP contribution in [0, 0.1) is 5.82 Å². The van der Waals surface area contributed by atoms with Crippen LogP contribution in [0.4, 0.5) is 10.1 Å². The summed E-state index contributed by atoms with van der Waals surface area (Å²) in [4.78, 5) is 29.3. The Morgan fingerprint density at radius 3 is 2.05 bits per heavy atom. The lowest BCUT2D eigenvalue weighted by Crippen LogP contribution is -2.54. The second kappa shape index (κ2) is 14.3. The Balaban J connectivity index is 1.79. The second-order valence-electron chi connectivity index (χ2n) is 10.3. The summed E-state index contributed by atoms with van der Waals surface area (Å²) in [6, 6.07) is 27.6. The van der Waals surface area contributed by atoms with Gasteiger partial charge in [0, 0.05) is 24.0 Å². The molecule has 224 valence electrons. The lowest BCUT2D eigenvalue weighted by molar-refractivity contribution is -0.140. The van der Waals surface area contributed by atoms with E-state index in [1.807, 2.05) is 44.2 Å². The van der Waals surface area contributed by atoms with E-state index < -0.39 is 34.3 Å². The molecule has 10 heteroatoms. The Bertz CT molecular complexity index is 1640. The Morgan fingerprint density at radius 1 is 0.837 bits per heavy atom. The Kier molecular flexibility index (Phi) is 10.6. The van der Waals surface area contributed by atoms with Gasteiger partial charge < -0.3 is 10.2 Å². The SMILES string of the molecule is CC(C)NC(=O)[C@H](Cc1ccccc1)N(Cc1cccc(Cl)c1)C(=O)CN(c1ccc(F)cc1)S(=O)(=O)c1ccccc1. The lowest BCUT2D eigenvalue weighted by Gasteiger charge is -2.34. The number of halogens is 2. The van der Waals surface area contributed by atoms with Gasteiger partial charge in [0.25, 0.3) is 10.0 Å². The fourth-order valence-corrected chi connectivity index (χ4v) is 6.27. The van der Waals surface area contributed by atoms with Crippen molar-refractivity contribution in [3.05, 3.63) is 131 Å². The van der Waals surface area contributed by atoms with E-state index in [2.05, 4.69) is 5.32 Å². The predicted octanol–water partition coefficient (Wildman–Crippen LogP) is 5.84. The van der Waals surface area contributed by atoms with Gasteiger partial charge in [0.05, 0.1) is 10.6 Å². The van der Waals surface area contributed by atoms with Crippen LogP contribution in [0.15, 0.2) is 114 Å². The van der Waals surface area contributed by atoms with Crippen molar-refractivity contribution in [2.75, 3.05) is 10.8 Å². The summed E-state index contributed by atoms with van der Waals surface area (Å²) < 4.78 is 42.5. The second-order valence-corrected chi connectivity index (χ2v) is 12.6. The Morgan fingerprint density at radius 2 is 1.44 bits per heavy atom. The highest BCUT2D eigenvalue weighted by atomic mass is 35.5. The predicted molar refractivity (Wildman–Crippen MR) is 167 cm³/mol. The molecule has 0 radical (unpaired) electrons. The van der Waals surface area contributed by atoms with Gasteiger partial charge >= 0.3 is 0 Å². The summed E-state index contributed by atoms with van der Waals surface area (Å²) in [5, 5.41) is 3.36. The number of anilines is 1. The van der Waals surface area contributed by atoms with Crippen molar-refractivity contribution in [2.45, 2.75) is 43.8 Å². The van der Waals surface area contributed by atoms with E-state index in [-0.39, 0.29) is 35.5 Å². The van der Waals surface area contributed by atoms with Gasteiger partial charge in [0.1, 0.15) is 18.4 Å². The fourth-order valence-electron chi connectivity index (χ4n) is 4.62. The van der Waals surface area contributed by atoms with E-state index in [9.17, 15) is 22.4 Å². The average molecular weight is 622 g/mol. The third-order valence-corrected chi connectivity index (χ3v) is 8.69. The van der Waals surface area contributed by atoms with Gasteiger partial charge in [-0.15, -0.1) is 0 Å². The maximum absolute atomic E-state index is 14.3. The molecule has 0 fully saturated rings. The Hall–Kier alpha value is -4.21. The number of amides is 2. The van der Waals surface area contributed by atoms with Gasteiger partial charge in [-0.1, -0.05) is 72.3 Å². The number of hydrogen-bond acceptors (Lipinski definition) is 4. The number of rotatable bonds is 12. The van der Waals surface area contributed by atoms with Crippen LogP contribution in [0.2, 0.25) is 5.02 Å². The van der Waals surface area contributed by atoms with Gasteiger partial charge in [-0.3, -0.25) is 13.9 Å². The zero-order valence-electron chi connectivity index (χ0n) is 23.9. The molecule has 1 atom stereocenters. The zero-order chi connectivity index (χ0) is 31.0. The number of benzene rings is 4. The minimum atomic E-state index is -4.26. The molecule has 0 aliphatic heterocycles. The van der Waals surface area contributed by atoms with E-state index in [0.29, 0.717) is 10.6 Å². The van der Waals surface area contributed by atoms with Crippen LogP contribution in [-0.2, 0) is 32.6 Å². The molecule has 43 heavy (non-hydrogen) atoms. The molecular formula is C33H33ClFN3O4S. The van der Waals surface area contributed by atoms with Gasteiger partial charge in [-0.25, -0.2) is 12.8 Å². The quantitative estimate of drug-likeness (QED) is 0.215. The molecule has 2 amide bonds. The minimum absolute atomic E-state index is 0.00888. The first kappa shape index (κ1) is 31.7. The third-order valence-electron chi connectivity index (χ3n) is 6.67. The maximum atomic E-state index is 14.3. The monoisotopic (exact) mass is 621 g/mol. The number of nitrogens with zero attached hydrogens (tertiary/aromatic N) is 2. The number of carbonyl (C=O) groups excluding carboxylic acids is 2. The average Bonchev–Trinajstić information content (AvgIpc) is 2.98. The van der Waals surface area contributed by atoms with Crippen LogP contribution in [-0.4, -0.2) is 43.8 Å². The molecule has 0 aromatic heterocycles. The lowest BCUT2D eigenvalue weighted by atomic mass is 10.0. The van der Waals surface area contributed by atoms with Crippen molar-refractivity contribution in [2.24, 2.45) is 0 Å². The first-order valence-corrected chi connectivity index (χ1v) is 15.6. The van der Waals surface area contributed by atoms with Crippen molar-refractivity contribution in [1.82, 2.24) is 10.2 Å². The molecule has 0 spiro atoms. The Labute approximate surface area is 257 Å². The summed E-state index contributed by atoms with van der Waals surface area (Å²) in [5.74, 6) is -1.56. The van der Waals surface area contributed by atoms with Crippen molar-refractivity contribution < 1.29 is 22.4 Å². The summed E-state index contributed by atoms with van der Waals surface area (Å²) in [7, 11) is -4.26. The van der Waals surface area contributed by atoms with Crippen molar-refractivity contribution >= 4 is 39.1 Å². The molecular weight excluding hydrogens is 589 g/mol. The van der Waals surface area contributed by atoms with Crippen molar-refractivity contribution in [3.8, 4) is 0 Å². The highest BCUT2D eigenvalue weighted by molar-refractivity contribution is 7.92. The molecule has 0 aliphatic carbocycles. The molecule has 4 aromatic rings. The van der Waals surface area contributed by atoms with Crippen LogP contribution in [0.5, 0.6) is 0 Å². The number of nitrogens with one attached hydrogen (secondary N) is 1. The summed E-state index contributed by atoms with van der Waals surface area (Å²) in [6.45, 7) is 3.00. The molecule has 0 aliphatic rings. The van der Waals surface area contributed by atoms with Crippen molar-refractivity contribution in [3.63, 3.8) is 0 Å². The normalized spacial score (nSPS) is 12.0. The summed E-state index contributed by atoms with van der Waals surface area (Å²) in [5.41, 5.74) is 1.59. The first-order chi connectivity index (χ1) is 20.5. The van der Waals surface area contributed by atoms with E-state index in [4.69, 9.17) is 11.6 Å². The van der Waals surface area contributed by atoms with E-state index in [1.165, 1.54) is 29.2 Å². The molecule has 0 unspecified atom stereocenters. The van der Waals surface area contributed by atoms with Crippen LogP contribution < -0.4 is 9.62 Å².